The molecular formula is C14H21NO6. The summed E-state index contributed by atoms with van der Waals surface area (Å²) in [5, 5.41) is 2.42. The summed E-state index contributed by atoms with van der Waals surface area (Å²) in [6.07, 6.45) is -1.61. The Labute approximate surface area is 123 Å². The minimum Gasteiger partial charge on any atom is -0.458 e. The summed E-state index contributed by atoms with van der Waals surface area (Å²) in [5.41, 5.74) is 0.427. The molecule has 1 amide bonds. The number of alkyl carbamates (subject to hydrolysis) is 1. The van der Waals surface area contributed by atoms with E-state index in [1.54, 1.807) is 6.92 Å². The van der Waals surface area contributed by atoms with E-state index in [1.807, 2.05) is 0 Å². The number of hydrogen-bond acceptors (Lipinski definition) is 6. The maximum Gasteiger partial charge on any atom is 0.407 e. The molecule has 0 fully saturated rings. The van der Waals surface area contributed by atoms with Gasteiger partial charge >= 0.3 is 18.0 Å². The average Bonchev–Trinajstić information content (AvgIpc) is 2.40. The largest absolute Gasteiger partial charge is 0.458 e. The number of carbonyl (C=O) groups is 3. The number of ether oxygens (including phenoxy) is 3. The molecule has 7 nitrogen and oxygen atoms in total. The molecule has 0 heterocycles. The van der Waals surface area contributed by atoms with E-state index >= 15 is 0 Å². The Bertz CT molecular complexity index is 399. The number of amides is 1. The highest BCUT2D eigenvalue weighted by atomic mass is 16.6. The molecule has 0 radical (unpaired) electrons. The third kappa shape index (κ3) is 8.46. The summed E-state index contributed by atoms with van der Waals surface area (Å²) in [6, 6.07) is 0. The van der Waals surface area contributed by atoms with Gasteiger partial charge in [0, 0.05) is 17.7 Å². The van der Waals surface area contributed by atoms with Crippen molar-refractivity contribution in [2.75, 3.05) is 19.8 Å². The van der Waals surface area contributed by atoms with Crippen molar-refractivity contribution in [1.82, 2.24) is 5.32 Å². The van der Waals surface area contributed by atoms with E-state index in [1.165, 1.54) is 13.8 Å². The van der Waals surface area contributed by atoms with E-state index < -0.39 is 24.1 Å². The van der Waals surface area contributed by atoms with Gasteiger partial charge in [-0.1, -0.05) is 13.2 Å². The molecule has 0 atom stereocenters. The molecule has 7 heteroatoms. The van der Waals surface area contributed by atoms with Gasteiger partial charge in [-0.3, -0.25) is 0 Å². The average molecular weight is 299 g/mol. The van der Waals surface area contributed by atoms with Crippen LogP contribution in [0.3, 0.4) is 0 Å². The molecule has 0 spiro atoms. The topological polar surface area (TPSA) is 90.9 Å². The number of rotatable bonds is 8. The summed E-state index contributed by atoms with van der Waals surface area (Å²) in [5.74, 6) is -1.24. The lowest BCUT2D eigenvalue weighted by Crippen LogP contribution is -2.35. The van der Waals surface area contributed by atoms with Crippen LogP contribution < -0.4 is 5.32 Å². The van der Waals surface area contributed by atoms with Crippen LogP contribution in [0.5, 0.6) is 0 Å². The number of nitrogens with one attached hydrogen (secondary N) is 1. The second-order valence-electron chi connectivity index (χ2n) is 4.32. The molecule has 0 rings (SSSR count). The van der Waals surface area contributed by atoms with Gasteiger partial charge in [0.2, 0.25) is 0 Å². The Morgan fingerprint density at radius 2 is 1.43 bits per heavy atom. The van der Waals surface area contributed by atoms with E-state index in [9.17, 15) is 14.4 Å². The van der Waals surface area contributed by atoms with Crippen LogP contribution in [-0.2, 0) is 23.8 Å². The molecule has 0 bridgehead atoms. The Morgan fingerprint density at radius 3 is 1.76 bits per heavy atom. The SMILES string of the molecule is C=C(C)C(=O)OCC(COC(=O)C(=C)C)OC(=O)NCC. The summed E-state index contributed by atoms with van der Waals surface area (Å²) in [7, 11) is 0. The van der Waals surface area contributed by atoms with Crippen LogP contribution in [0.2, 0.25) is 0 Å². The van der Waals surface area contributed by atoms with Crippen molar-refractivity contribution >= 4 is 18.0 Å². The molecule has 0 aliphatic rings. The lowest BCUT2D eigenvalue weighted by molar-refractivity contribution is -0.147. The van der Waals surface area contributed by atoms with E-state index in [-0.39, 0.29) is 24.4 Å². The van der Waals surface area contributed by atoms with Gasteiger partial charge in [-0.05, 0) is 20.8 Å². The zero-order valence-electron chi connectivity index (χ0n) is 12.6. The first-order chi connectivity index (χ1) is 9.77. The first kappa shape index (κ1) is 18.7. The van der Waals surface area contributed by atoms with Crippen LogP contribution >= 0.6 is 0 Å². The highest BCUT2D eigenvalue weighted by molar-refractivity contribution is 5.87. The molecule has 0 saturated heterocycles. The molecule has 0 aromatic heterocycles. The Balaban J connectivity index is 4.49. The first-order valence-corrected chi connectivity index (χ1v) is 6.37. The van der Waals surface area contributed by atoms with Crippen molar-refractivity contribution in [1.29, 1.82) is 0 Å². The Kier molecular flexibility index (Phi) is 8.52. The fourth-order valence-electron chi connectivity index (χ4n) is 1.04. The maximum absolute atomic E-state index is 11.4. The first-order valence-electron chi connectivity index (χ1n) is 6.37. The molecule has 21 heavy (non-hydrogen) atoms. The van der Waals surface area contributed by atoms with Crippen LogP contribution in [0.1, 0.15) is 20.8 Å². The lowest BCUT2D eigenvalue weighted by atomic mass is 10.3. The van der Waals surface area contributed by atoms with Crippen molar-refractivity contribution in [2.45, 2.75) is 26.9 Å². The normalized spacial score (nSPS) is 9.71. The predicted molar refractivity (Wildman–Crippen MR) is 75.5 cm³/mol. The summed E-state index contributed by atoms with van der Waals surface area (Å²) in [6.45, 7) is 11.4. The van der Waals surface area contributed by atoms with Crippen molar-refractivity contribution in [3.63, 3.8) is 0 Å². The van der Waals surface area contributed by atoms with Crippen LogP contribution in [0.15, 0.2) is 24.3 Å². The third-order valence-corrected chi connectivity index (χ3v) is 2.09. The summed E-state index contributed by atoms with van der Waals surface area (Å²) >= 11 is 0. The Hall–Kier alpha value is -2.31. The second kappa shape index (κ2) is 9.57. The van der Waals surface area contributed by atoms with E-state index in [2.05, 4.69) is 18.5 Å². The van der Waals surface area contributed by atoms with Crippen molar-refractivity contribution < 1.29 is 28.6 Å². The molecule has 1 N–H and O–H groups in total. The molecule has 0 aliphatic carbocycles. The number of hydrogen-bond donors (Lipinski definition) is 1. The second-order valence-corrected chi connectivity index (χ2v) is 4.32. The van der Waals surface area contributed by atoms with Gasteiger partial charge in [0.05, 0.1) is 0 Å². The zero-order valence-corrected chi connectivity index (χ0v) is 12.6. The van der Waals surface area contributed by atoms with Crippen molar-refractivity contribution in [3.05, 3.63) is 24.3 Å². The predicted octanol–water partition coefficient (Wildman–Crippen LogP) is 1.34. The van der Waals surface area contributed by atoms with E-state index in [4.69, 9.17) is 14.2 Å². The van der Waals surface area contributed by atoms with Crippen molar-refractivity contribution in [2.24, 2.45) is 0 Å². The van der Waals surface area contributed by atoms with Crippen LogP contribution in [0.25, 0.3) is 0 Å². The smallest absolute Gasteiger partial charge is 0.407 e. The van der Waals surface area contributed by atoms with Gasteiger partial charge in [0.25, 0.3) is 0 Å². The monoisotopic (exact) mass is 299 g/mol. The number of esters is 2. The lowest BCUT2D eigenvalue weighted by Gasteiger charge is -2.18. The molecule has 0 unspecified atom stereocenters. The van der Waals surface area contributed by atoms with Crippen LogP contribution in [0.4, 0.5) is 4.79 Å². The highest BCUT2D eigenvalue weighted by Crippen LogP contribution is 2.02. The third-order valence-electron chi connectivity index (χ3n) is 2.09. The van der Waals surface area contributed by atoms with Gasteiger partial charge in [0.15, 0.2) is 6.10 Å². The van der Waals surface area contributed by atoms with Gasteiger partial charge in [0.1, 0.15) is 13.2 Å². The molecule has 0 saturated carbocycles. The van der Waals surface area contributed by atoms with Crippen LogP contribution in [-0.4, -0.2) is 43.9 Å². The summed E-state index contributed by atoms with van der Waals surface area (Å²) < 4.78 is 14.7. The molecule has 0 aromatic carbocycles. The van der Waals surface area contributed by atoms with Gasteiger partial charge < -0.3 is 19.5 Å². The van der Waals surface area contributed by atoms with Crippen molar-refractivity contribution in [3.8, 4) is 0 Å². The van der Waals surface area contributed by atoms with Gasteiger partial charge in [-0.2, -0.15) is 0 Å². The fourth-order valence-corrected chi connectivity index (χ4v) is 1.04. The Morgan fingerprint density at radius 1 is 1.00 bits per heavy atom. The van der Waals surface area contributed by atoms with Gasteiger partial charge in [-0.25, -0.2) is 14.4 Å². The molecule has 0 aliphatic heterocycles. The minimum absolute atomic E-state index is 0.214. The number of carbonyl (C=O) groups excluding carboxylic acids is 3. The molecular weight excluding hydrogens is 278 g/mol. The summed E-state index contributed by atoms with van der Waals surface area (Å²) in [4.78, 5) is 34.0. The van der Waals surface area contributed by atoms with Crippen LogP contribution in [0, 0.1) is 0 Å². The van der Waals surface area contributed by atoms with E-state index in [0.717, 1.165) is 0 Å². The quantitative estimate of drug-likeness (QED) is 0.413. The highest BCUT2D eigenvalue weighted by Gasteiger charge is 2.19. The van der Waals surface area contributed by atoms with E-state index in [0.29, 0.717) is 6.54 Å². The zero-order chi connectivity index (χ0) is 16.4. The maximum atomic E-state index is 11.4. The standard InChI is InChI=1S/C14H21NO6/c1-6-15-14(18)21-11(7-19-12(16)9(2)3)8-20-13(17)10(4)5/h11H,2,4,6-8H2,1,3,5H3,(H,15,18). The minimum atomic E-state index is -0.914. The fraction of sp³-hybridized carbons (Fsp3) is 0.500. The molecule has 118 valence electrons. The molecule has 0 aromatic rings. The van der Waals surface area contributed by atoms with Gasteiger partial charge in [-0.15, -0.1) is 0 Å².